The van der Waals surface area contributed by atoms with Gasteiger partial charge in [0.15, 0.2) is 0 Å². The molecule has 0 aliphatic carbocycles. The minimum absolute atomic E-state index is 0.0466. The lowest BCUT2D eigenvalue weighted by atomic mass is 9.87. The minimum Gasteiger partial charge on any atom is -0.480 e. The second-order valence-corrected chi connectivity index (χ2v) is 12.5. The van der Waals surface area contributed by atoms with Gasteiger partial charge >= 0.3 is 5.97 Å². The lowest BCUT2D eigenvalue weighted by Crippen LogP contribution is -2.45. The zero-order valence-corrected chi connectivity index (χ0v) is 25.6. The molecule has 8 heteroatoms. The van der Waals surface area contributed by atoms with Gasteiger partial charge < -0.3 is 10.0 Å². The monoisotopic (exact) mass is 585 g/mol. The van der Waals surface area contributed by atoms with E-state index in [-0.39, 0.29) is 23.6 Å². The molecular formula is C35H44FN5O2. The highest BCUT2D eigenvalue weighted by Gasteiger charge is 2.42. The quantitative estimate of drug-likeness (QED) is 0.302. The normalized spacial score (nSPS) is 21.5. The first-order valence-electron chi connectivity index (χ1n) is 15.8. The van der Waals surface area contributed by atoms with Gasteiger partial charge in [0.05, 0.1) is 17.3 Å². The Morgan fingerprint density at radius 3 is 2.49 bits per heavy atom. The van der Waals surface area contributed by atoms with E-state index in [0.29, 0.717) is 24.6 Å². The number of nitriles is 1. The number of carboxylic acids is 1. The Kier molecular flexibility index (Phi) is 9.94. The van der Waals surface area contributed by atoms with Gasteiger partial charge in [0, 0.05) is 50.1 Å². The lowest BCUT2D eigenvalue weighted by Gasteiger charge is -2.35. The van der Waals surface area contributed by atoms with Gasteiger partial charge in [-0.25, -0.2) is 4.39 Å². The van der Waals surface area contributed by atoms with Crippen molar-refractivity contribution in [2.45, 2.75) is 70.9 Å². The SMILES string of the molecule is CC[C@@H](C)[C@H](C(=O)O)N1C[C@H](CN2CCC(c3cc(Cc4ccc(C#N)cc4)nn3CC)CC2)[C@@H](c2cccc(F)c2)C1. The molecule has 43 heavy (non-hydrogen) atoms. The summed E-state index contributed by atoms with van der Waals surface area (Å²) < 4.78 is 16.4. The highest BCUT2D eigenvalue weighted by Crippen LogP contribution is 2.37. The molecule has 4 atom stereocenters. The summed E-state index contributed by atoms with van der Waals surface area (Å²) in [7, 11) is 0. The first kappa shape index (κ1) is 30.9. The molecule has 0 saturated carbocycles. The Bertz CT molecular complexity index is 1420. The zero-order valence-electron chi connectivity index (χ0n) is 25.6. The smallest absolute Gasteiger partial charge is 0.321 e. The summed E-state index contributed by atoms with van der Waals surface area (Å²) in [6.07, 6.45) is 3.65. The van der Waals surface area contributed by atoms with Crippen LogP contribution in [0.25, 0.3) is 0 Å². The molecule has 2 fully saturated rings. The maximum Gasteiger partial charge on any atom is 0.321 e. The first-order chi connectivity index (χ1) is 20.8. The fraction of sp³-hybridized carbons (Fsp3) is 0.514. The largest absolute Gasteiger partial charge is 0.480 e. The molecule has 1 N–H and O–H groups in total. The zero-order chi connectivity index (χ0) is 30.5. The molecule has 0 amide bonds. The van der Waals surface area contributed by atoms with E-state index in [0.717, 1.165) is 68.7 Å². The van der Waals surface area contributed by atoms with Crippen LogP contribution in [-0.4, -0.2) is 69.4 Å². The van der Waals surface area contributed by atoms with E-state index in [2.05, 4.69) is 33.5 Å². The van der Waals surface area contributed by atoms with Gasteiger partial charge in [0.2, 0.25) is 0 Å². The van der Waals surface area contributed by atoms with Crippen molar-refractivity contribution in [2.24, 2.45) is 11.8 Å². The standard InChI is InChI=1S/C35H44FN5O2/c1-4-24(3)34(35(42)43)40-22-29(32(23-40)28-7-6-8-30(36)18-28)21-39-15-13-27(14-16-39)33-19-31(38-41(33)5-2)17-25-9-11-26(20-37)12-10-25/h6-12,18-19,24,27,29,32,34H,4-5,13-17,21-23H2,1-3H3,(H,42,43)/t24-,29+,32-,34-/m1/s1. The van der Waals surface area contributed by atoms with Gasteiger partial charge in [0.1, 0.15) is 11.9 Å². The number of likely N-dealkylation sites (tertiary alicyclic amines) is 2. The molecule has 0 bridgehead atoms. The van der Waals surface area contributed by atoms with E-state index in [9.17, 15) is 14.3 Å². The van der Waals surface area contributed by atoms with Crippen molar-refractivity contribution in [3.05, 3.63) is 88.5 Å². The van der Waals surface area contributed by atoms with Crippen molar-refractivity contribution in [1.29, 1.82) is 5.26 Å². The number of benzene rings is 2. The minimum atomic E-state index is -0.764. The van der Waals surface area contributed by atoms with Crippen molar-refractivity contribution in [2.75, 3.05) is 32.7 Å². The molecule has 7 nitrogen and oxygen atoms in total. The van der Waals surface area contributed by atoms with E-state index in [4.69, 9.17) is 10.4 Å². The summed E-state index contributed by atoms with van der Waals surface area (Å²) in [6.45, 7) is 11.2. The van der Waals surface area contributed by atoms with E-state index < -0.39 is 12.0 Å². The van der Waals surface area contributed by atoms with E-state index >= 15 is 0 Å². The second-order valence-electron chi connectivity index (χ2n) is 12.5. The van der Waals surface area contributed by atoms with Gasteiger partial charge in [-0.1, -0.05) is 44.5 Å². The van der Waals surface area contributed by atoms with Crippen LogP contribution in [0.15, 0.2) is 54.6 Å². The Labute approximate surface area is 254 Å². The van der Waals surface area contributed by atoms with Crippen molar-refractivity contribution in [3.8, 4) is 6.07 Å². The third-order valence-electron chi connectivity index (χ3n) is 9.70. The summed E-state index contributed by atoms with van der Waals surface area (Å²) in [5.74, 6) is -0.169. The number of aryl methyl sites for hydroxylation is 1. The van der Waals surface area contributed by atoms with Crippen LogP contribution in [0.3, 0.4) is 0 Å². The van der Waals surface area contributed by atoms with Gasteiger partial charge in [-0.2, -0.15) is 10.4 Å². The first-order valence-corrected chi connectivity index (χ1v) is 15.8. The highest BCUT2D eigenvalue weighted by atomic mass is 19.1. The number of hydrogen-bond donors (Lipinski definition) is 1. The van der Waals surface area contributed by atoms with Crippen LogP contribution in [0, 0.1) is 29.0 Å². The summed E-state index contributed by atoms with van der Waals surface area (Å²) >= 11 is 0. The molecule has 3 heterocycles. The molecule has 2 aliphatic heterocycles. The van der Waals surface area contributed by atoms with Crippen LogP contribution in [0.4, 0.5) is 4.39 Å². The summed E-state index contributed by atoms with van der Waals surface area (Å²) in [6, 6.07) is 18.5. The molecule has 0 unspecified atom stereocenters. The number of piperidine rings is 1. The number of aliphatic carboxylic acids is 1. The van der Waals surface area contributed by atoms with Gasteiger partial charge in [-0.15, -0.1) is 0 Å². The molecule has 0 spiro atoms. The third-order valence-corrected chi connectivity index (χ3v) is 9.70. The van der Waals surface area contributed by atoms with Crippen LogP contribution in [0.5, 0.6) is 0 Å². The summed E-state index contributed by atoms with van der Waals surface area (Å²) in [5.41, 5.74) is 5.14. The second kappa shape index (κ2) is 13.8. The molecule has 5 rings (SSSR count). The van der Waals surface area contributed by atoms with E-state index in [1.165, 1.54) is 11.8 Å². The number of rotatable bonds is 11. The van der Waals surface area contributed by atoms with Crippen LogP contribution in [0.1, 0.15) is 79.9 Å². The molecule has 3 aromatic rings. The number of carboxylic acid groups (broad SMARTS) is 1. The topological polar surface area (TPSA) is 85.4 Å². The van der Waals surface area contributed by atoms with E-state index in [1.54, 1.807) is 12.1 Å². The molecule has 2 saturated heterocycles. The van der Waals surface area contributed by atoms with Crippen molar-refractivity contribution in [1.82, 2.24) is 19.6 Å². The Morgan fingerprint density at radius 2 is 1.86 bits per heavy atom. The summed E-state index contributed by atoms with van der Waals surface area (Å²) in [5, 5.41) is 24.1. The average Bonchev–Trinajstić information content (AvgIpc) is 3.61. The lowest BCUT2D eigenvalue weighted by molar-refractivity contribution is -0.145. The third kappa shape index (κ3) is 7.17. The Hall–Kier alpha value is -3.54. The van der Waals surface area contributed by atoms with Gasteiger partial charge in [-0.05, 0) is 86.1 Å². The number of hydrogen-bond acceptors (Lipinski definition) is 5. The van der Waals surface area contributed by atoms with Crippen LogP contribution >= 0.6 is 0 Å². The van der Waals surface area contributed by atoms with Crippen LogP contribution in [0.2, 0.25) is 0 Å². The number of nitrogens with zero attached hydrogens (tertiary/aromatic N) is 5. The van der Waals surface area contributed by atoms with Crippen LogP contribution in [-0.2, 0) is 17.8 Å². The van der Waals surface area contributed by atoms with Crippen molar-refractivity contribution in [3.63, 3.8) is 0 Å². The van der Waals surface area contributed by atoms with Gasteiger partial charge in [-0.3, -0.25) is 14.4 Å². The molecule has 2 aromatic carbocycles. The fourth-order valence-electron chi connectivity index (χ4n) is 7.22. The molecule has 1 aromatic heterocycles. The Morgan fingerprint density at radius 1 is 1.12 bits per heavy atom. The fourth-order valence-corrected chi connectivity index (χ4v) is 7.22. The number of carbonyl (C=O) groups is 1. The number of halogens is 1. The van der Waals surface area contributed by atoms with E-state index in [1.807, 2.05) is 44.2 Å². The maximum atomic E-state index is 14.3. The highest BCUT2D eigenvalue weighted by molar-refractivity contribution is 5.74. The van der Waals surface area contributed by atoms with Crippen molar-refractivity contribution < 1.29 is 14.3 Å². The van der Waals surface area contributed by atoms with Crippen molar-refractivity contribution >= 4 is 5.97 Å². The predicted molar refractivity (Wildman–Crippen MR) is 165 cm³/mol. The maximum absolute atomic E-state index is 14.3. The molecule has 228 valence electrons. The molecule has 2 aliphatic rings. The van der Waals surface area contributed by atoms with Crippen LogP contribution < -0.4 is 0 Å². The average molecular weight is 586 g/mol. The number of aromatic nitrogens is 2. The molecule has 0 radical (unpaired) electrons. The summed E-state index contributed by atoms with van der Waals surface area (Å²) in [4.78, 5) is 17.0. The predicted octanol–water partition coefficient (Wildman–Crippen LogP) is 5.90. The Balaban J connectivity index is 1.26. The molecular weight excluding hydrogens is 541 g/mol. The van der Waals surface area contributed by atoms with Gasteiger partial charge in [0.25, 0.3) is 0 Å².